The van der Waals surface area contributed by atoms with E-state index in [4.69, 9.17) is 0 Å². The lowest BCUT2D eigenvalue weighted by Gasteiger charge is -2.19. The molecule has 0 spiro atoms. The lowest BCUT2D eigenvalue weighted by molar-refractivity contribution is -0.128. The Kier molecular flexibility index (Phi) is 4.63. The van der Waals surface area contributed by atoms with E-state index in [2.05, 4.69) is 5.32 Å². The summed E-state index contributed by atoms with van der Waals surface area (Å²) in [5, 5.41) is 15.4. The van der Waals surface area contributed by atoms with Crippen molar-refractivity contribution >= 4 is 16.7 Å². The van der Waals surface area contributed by atoms with Crippen LogP contribution in [0.15, 0.2) is 42.5 Å². The second-order valence-corrected chi connectivity index (χ2v) is 6.38. The van der Waals surface area contributed by atoms with Gasteiger partial charge in [-0.25, -0.2) is 0 Å². The summed E-state index contributed by atoms with van der Waals surface area (Å²) in [6.45, 7) is 6.11. The monoisotopic (exact) mass is 285 g/mol. The predicted octanol–water partition coefficient (Wildman–Crippen LogP) is 3.43. The van der Waals surface area contributed by atoms with Crippen LogP contribution >= 0.6 is 0 Å². The molecule has 0 saturated carbocycles. The summed E-state index contributed by atoms with van der Waals surface area (Å²) >= 11 is 0. The number of hydrogen-bond donors (Lipinski definition) is 2. The van der Waals surface area contributed by atoms with E-state index in [-0.39, 0.29) is 5.91 Å². The fourth-order valence-electron chi connectivity index (χ4n) is 2.28. The second-order valence-electron chi connectivity index (χ2n) is 6.38. The molecular formula is C18H23NO2. The summed E-state index contributed by atoms with van der Waals surface area (Å²) in [6.07, 6.45) is -0.0631. The normalized spacial score (nSPS) is 13.1. The van der Waals surface area contributed by atoms with Gasteiger partial charge in [-0.15, -0.1) is 0 Å². The van der Waals surface area contributed by atoms with Gasteiger partial charge in [0.05, 0.1) is 6.10 Å². The molecule has 0 fully saturated rings. The van der Waals surface area contributed by atoms with Crippen LogP contribution in [0.25, 0.3) is 10.8 Å². The van der Waals surface area contributed by atoms with Gasteiger partial charge in [-0.3, -0.25) is 4.79 Å². The maximum absolute atomic E-state index is 11.8. The van der Waals surface area contributed by atoms with Crippen molar-refractivity contribution in [2.75, 3.05) is 6.54 Å². The molecule has 2 aromatic carbocycles. The third-order valence-corrected chi connectivity index (χ3v) is 3.57. The van der Waals surface area contributed by atoms with E-state index in [1.807, 2.05) is 63.2 Å². The molecule has 0 aliphatic rings. The largest absolute Gasteiger partial charge is 0.388 e. The molecule has 0 unspecified atom stereocenters. The Labute approximate surface area is 126 Å². The third-order valence-electron chi connectivity index (χ3n) is 3.57. The number of nitrogens with one attached hydrogen (secondary N) is 1. The highest BCUT2D eigenvalue weighted by Gasteiger charge is 2.21. The van der Waals surface area contributed by atoms with Gasteiger partial charge >= 0.3 is 0 Å². The molecule has 0 aliphatic carbocycles. The molecule has 0 aromatic heterocycles. The van der Waals surface area contributed by atoms with Gasteiger partial charge in [-0.05, 0) is 22.8 Å². The van der Waals surface area contributed by atoms with E-state index in [1.165, 1.54) is 0 Å². The molecule has 0 saturated heterocycles. The van der Waals surface area contributed by atoms with Gasteiger partial charge in [-0.2, -0.15) is 0 Å². The Hall–Kier alpha value is -1.87. The van der Waals surface area contributed by atoms with Gasteiger partial charge < -0.3 is 10.4 Å². The number of benzene rings is 2. The molecule has 0 aliphatic heterocycles. The van der Waals surface area contributed by atoms with Crippen molar-refractivity contribution in [2.24, 2.45) is 5.41 Å². The molecule has 0 bridgehead atoms. The van der Waals surface area contributed by atoms with Gasteiger partial charge in [0.1, 0.15) is 0 Å². The Morgan fingerprint density at radius 2 is 1.81 bits per heavy atom. The lowest BCUT2D eigenvalue weighted by atomic mass is 9.95. The zero-order chi connectivity index (χ0) is 15.5. The number of amides is 1. The first kappa shape index (κ1) is 15.5. The summed E-state index contributed by atoms with van der Waals surface area (Å²) in [7, 11) is 0. The minimum absolute atomic E-state index is 0.00706. The smallest absolute Gasteiger partial charge is 0.225 e. The summed E-state index contributed by atoms with van der Waals surface area (Å²) < 4.78 is 0. The van der Waals surface area contributed by atoms with Crippen LogP contribution in [0.3, 0.4) is 0 Å². The zero-order valence-corrected chi connectivity index (χ0v) is 12.9. The first-order valence-electron chi connectivity index (χ1n) is 7.33. The Morgan fingerprint density at radius 3 is 2.52 bits per heavy atom. The van der Waals surface area contributed by atoms with Crippen molar-refractivity contribution in [3.63, 3.8) is 0 Å². The topological polar surface area (TPSA) is 49.3 Å². The van der Waals surface area contributed by atoms with Crippen LogP contribution in [0.4, 0.5) is 0 Å². The van der Waals surface area contributed by atoms with Gasteiger partial charge in [0.15, 0.2) is 0 Å². The Bertz CT molecular complexity index is 623. The molecule has 2 aromatic rings. The molecule has 0 heterocycles. The minimum Gasteiger partial charge on any atom is -0.388 e. The molecular weight excluding hydrogens is 262 g/mol. The van der Waals surface area contributed by atoms with Gasteiger partial charge in [-0.1, -0.05) is 63.2 Å². The van der Waals surface area contributed by atoms with Crippen molar-refractivity contribution in [2.45, 2.75) is 33.3 Å². The maximum Gasteiger partial charge on any atom is 0.225 e. The highest BCUT2D eigenvalue weighted by Crippen LogP contribution is 2.26. The van der Waals surface area contributed by atoms with Crippen molar-refractivity contribution in [1.29, 1.82) is 0 Å². The molecule has 112 valence electrons. The van der Waals surface area contributed by atoms with Gasteiger partial charge in [0.25, 0.3) is 0 Å². The molecule has 21 heavy (non-hydrogen) atoms. The van der Waals surface area contributed by atoms with Crippen molar-refractivity contribution in [3.05, 3.63) is 48.0 Å². The molecule has 0 radical (unpaired) electrons. The van der Waals surface area contributed by atoms with Crippen LogP contribution < -0.4 is 5.32 Å². The number of hydrogen-bond acceptors (Lipinski definition) is 2. The van der Waals surface area contributed by atoms with E-state index in [1.54, 1.807) is 0 Å². The molecule has 2 rings (SSSR count). The predicted molar refractivity (Wildman–Crippen MR) is 86.0 cm³/mol. The molecule has 1 atom stereocenters. The Morgan fingerprint density at radius 1 is 1.14 bits per heavy atom. The first-order valence-corrected chi connectivity index (χ1v) is 7.33. The van der Waals surface area contributed by atoms with Gasteiger partial charge in [0.2, 0.25) is 5.91 Å². The number of aliphatic hydroxyl groups is 1. The van der Waals surface area contributed by atoms with Crippen LogP contribution in [-0.2, 0) is 4.79 Å². The SMILES string of the molecule is CC(C)(C)C(=O)NCC[C@H](O)c1cccc2ccccc12. The summed E-state index contributed by atoms with van der Waals surface area (Å²) in [5.74, 6) is 0.00706. The molecule has 3 nitrogen and oxygen atoms in total. The first-order chi connectivity index (χ1) is 9.89. The number of fused-ring (bicyclic) bond motifs is 1. The van der Waals surface area contributed by atoms with E-state index in [0.29, 0.717) is 13.0 Å². The lowest BCUT2D eigenvalue weighted by Crippen LogP contribution is -2.35. The molecule has 3 heteroatoms. The number of carbonyl (C=O) groups excluding carboxylic acids is 1. The van der Waals surface area contributed by atoms with E-state index >= 15 is 0 Å². The van der Waals surface area contributed by atoms with Crippen LogP contribution in [0.2, 0.25) is 0 Å². The average molecular weight is 285 g/mol. The van der Waals surface area contributed by atoms with E-state index < -0.39 is 11.5 Å². The number of rotatable bonds is 4. The quantitative estimate of drug-likeness (QED) is 0.904. The third kappa shape index (κ3) is 3.82. The van der Waals surface area contributed by atoms with Crippen LogP contribution in [-0.4, -0.2) is 17.6 Å². The summed E-state index contributed by atoms with van der Waals surface area (Å²) in [4.78, 5) is 11.8. The van der Waals surface area contributed by atoms with Crippen LogP contribution in [0.5, 0.6) is 0 Å². The number of carbonyl (C=O) groups is 1. The van der Waals surface area contributed by atoms with Crippen molar-refractivity contribution < 1.29 is 9.90 Å². The number of aliphatic hydroxyl groups excluding tert-OH is 1. The second kappa shape index (κ2) is 6.27. The fourth-order valence-corrected chi connectivity index (χ4v) is 2.28. The standard InChI is InChI=1S/C18H23NO2/c1-18(2,3)17(21)19-12-11-16(20)15-10-6-8-13-7-4-5-9-14(13)15/h4-10,16,20H,11-12H2,1-3H3,(H,19,21)/t16-/m0/s1. The summed E-state index contributed by atoms with van der Waals surface area (Å²) in [6, 6.07) is 13.9. The van der Waals surface area contributed by atoms with Gasteiger partial charge in [0, 0.05) is 12.0 Å². The van der Waals surface area contributed by atoms with Crippen LogP contribution in [0, 0.1) is 5.41 Å². The van der Waals surface area contributed by atoms with Crippen LogP contribution in [0.1, 0.15) is 38.9 Å². The minimum atomic E-state index is -0.573. The zero-order valence-electron chi connectivity index (χ0n) is 12.9. The Balaban J connectivity index is 2.03. The summed E-state index contributed by atoms with van der Waals surface area (Å²) in [5.41, 5.74) is 0.516. The van der Waals surface area contributed by atoms with Crippen molar-refractivity contribution in [1.82, 2.24) is 5.32 Å². The van der Waals surface area contributed by atoms with E-state index in [0.717, 1.165) is 16.3 Å². The average Bonchev–Trinajstić information content (AvgIpc) is 2.45. The maximum atomic E-state index is 11.8. The fraction of sp³-hybridized carbons (Fsp3) is 0.389. The highest BCUT2D eigenvalue weighted by molar-refractivity contribution is 5.86. The molecule has 2 N–H and O–H groups in total. The highest BCUT2D eigenvalue weighted by atomic mass is 16.3. The van der Waals surface area contributed by atoms with Crippen molar-refractivity contribution in [3.8, 4) is 0 Å². The molecule has 1 amide bonds. The van der Waals surface area contributed by atoms with E-state index in [9.17, 15) is 9.90 Å².